The van der Waals surface area contributed by atoms with Crippen LogP contribution in [0, 0.1) is 0 Å². The van der Waals surface area contributed by atoms with Gasteiger partial charge in [-0.25, -0.2) is 8.42 Å². The lowest BCUT2D eigenvalue weighted by molar-refractivity contribution is -0.122. The van der Waals surface area contributed by atoms with Gasteiger partial charge in [0.2, 0.25) is 15.9 Å². The summed E-state index contributed by atoms with van der Waals surface area (Å²) < 4.78 is 27.1. The van der Waals surface area contributed by atoms with E-state index in [9.17, 15) is 18.0 Å². The molecule has 0 radical (unpaired) electrons. The molecule has 8 heteroatoms. The van der Waals surface area contributed by atoms with E-state index in [1.165, 1.54) is 21.3 Å². The van der Waals surface area contributed by atoms with E-state index in [1.807, 2.05) is 24.3 Å². The first-order valence-corrected chi connectivity index (χ1v) is 11.1. The van der Waals surface area contributed by atoms with Crippen LogP contribution in [0.4, 0.5) is 0 Å². The van der Waals surface area contributed by atoms with Gasteiger partial charge in [-0.1, -0.05) is 30.3 Å². The predicted octanol–water partition coefficient (Wildman–Crippen LogP) is 1.52. The van der Waals surface area contributed by atoms with Gasteiger partial charge in [0.1, 0.15) is 6.04 Å². The maximum absolute atomic E-state index is 13.2. The second kappa shape index (κ2) is 7.61. The number of carbonyl (C=O) groups excluding carboxylic acids is 2. The highest BCUT2D eigenvalue weighted by molar-refractivity contribution is 7.89. The van der Waals surface area contributed by atoms with Crippen molar-refractivity contribution < 1.29 is 18.0 Å². The Kier molecular flexibility index (Phi) is 5.14. The van der Waals surface area contributed by atoms with Crippen molar-refractivity contribution in [1.82, 2.24) is 9.21 Å². The molecule has 152 valence electrons. The fraction of sp³-hybridized carbons (Fsp3) is 0.333. The van der Waals surface area contributed by atoms with Crippen molar-refractivity contribution in [2.75, 3.05) is 13.1 Å². The zero-order chi connectivity index (χ0) is 20.6. The molecule has 2 aliphatic rings. The molecule has 4 rings (SSSR count). The van der Waals surface area contributed by atoms with Crippen molar-refractivity contribution in [3.63, 3.8) is 0 Å². The van der Waals surface area contributed by atoms with Crippen LogP contribution in [-0.2, 0) is 27.8 Å². The maximum atomic E-state index is 13.2. The molecule has 1 fully saturated rings. The molecular weight excluding hydrogens is 390 g/mol. The molecule has 1 atom stereocenters. The van der Waals surface area contributed by atoms with Crippen LogP contribution in [0.3, 0.4) is 0 Å². The van der Waals surface area contributed by atoms with E-state index in [1.54, 1.807) is 12.1 Å². The summed E-state index contributed by atoms with van der Waals surface area (Å²) in [6, 6.07) is 12.9. The van der Waals surface area contributed by atoms with Gasteiger partial charge in [-0.15, -0.1) is 0 Å². The van der Waals surface area contributed by atoms with Gasteiger partial charge in [0.25, 0.3) is 5.91 Å². The summed E-state index contributed by atoms with van der Waals surface area (Å²) >= 11 is 0. The minimum atomic E-state index is -3.63. The third-order valence-electron chi connectivity index (χ3n) is 5.62. The summed E-state index contributed by atoms with van der Waals surface area (Å²) in [5.74, 6) is -0.976. The number of fused-ring (bicyclic) bond motifs is 1. The topological polar surface area (TPSA) is 101 Å². The lowest BCUT2D eigenvalue weighted by Gasteiger charge is -2.35. The number of nitrogens with zero attached hydrogens (tertiary/aromatic N) is 2. The quantitative estimate of drug-likeness (QED) is 0.821. The van der Waals surface area contributed by atoms with Gasteiger partial charge < -0.3 is 10.6 Å². The van der Waals surface area contributed by atoms with E-state index < -0.39 is 27.9 Å². The number of sulfonamides is 1. The van der Waals surface area contributed by atoms with Crippen LogP contribution in [0.15, 0.2) is 53.4 Å². The maximum Gasteiger partial charge on any atom is 0.254 e. The average Bonchev–Trinajstić information content (AvgIpc) is 3.28. The first-order chi connectivity index (χ1) is 13.9. The van der Waals surface area contributed by atoms with Crippen molar-refractivity contribution in [3.8, 4) is 0 Å². The Morgan fingerprint density at radius 2 is 1.66 bits per heavy atom. The fourth-order valence-electron chi connectivity index (χ4n) is 4.02. The SMILES string of the molecule is NC(=O)C1Cc2ccccc2CN1C(=O)c1cccc(S(=O)(=O)N2CCCC2)c1. The van der Waals surface area contributed by atoms with Crippen LogP contribution in [0.5, 0.6) is 0 Å². The molecule has 0 aromatic heterocycles. The molecule has 29 heavy (non-hydrogen) atoms. The molecule has 0 saturated carbocycles. The number of rotatable bonds is 4. The Balaban J connectivity index is 1.66. The molecule has 2 N–H and O–H groups in total. The second-order valence-corrected chi connectivity index (χ2v) is 9.40. The summed E-state index contributed by atoms with van der Waals surface area (Å²) in [5.41, 5.74) is 7.76. The number of amides is 2. The number of carbonyl (C=O) groups is 2. The fourth-order valence-corrected chi connectivity index (χ4v) is 5.59. The van der Waals surface area contributed by atoms with Gasteiger partial charge in [0.15, 0.2) is 0 Å². The third-order valence-corrected chi connectivity index (χ3v) is 7.52. The number of hydrogen-bond donors (Lipinski definition) is 1. The smallest absolute Gasteiger partial charge is 0.254 e. The molecular formula is C21H23N3O4S. The number of primary amides is 1. The Labute approximate surface area is 170 Å². The van der Waals surface area contributed by atoms with Crippen molar-refractivity contribution in [2.45, 2.75) is 36.7 Å². The minimum absolute atomic E-state index is 0.0956. The molecule has 2 aromatic carbocycles. The second-order valence-electron chi connectivity index (χ2n) is 7.46. The summed E-state index contributed by atoms with van der Waals surface area (Å²) in [5, 5.41) is 0. The van der Waals surface area contributed by atoms with Gasteiger partial charge in [0, 0.05) is 31.6 Å². The zero-order valence-corrected chi connectivity index (χ0v) is 16.8. The first-order valence-electron chi connectivity index (χ1n) is 9.65. The Bertz CT molecular complexity index is 1060. The van der Waals surface area contributed by atoms with Gasteiger partial charge in [0.05, 0.1) is 4.90 Å². The first kappa shape index (κ1) is 19.6. The number of benzene rings is 2. The summed E-state index contributed by atoms with van der Waals surface area (Å²) in [7, 11) is -3.63. The Hall–Kier alpha value is -2.71. The van der Waals surface area contributed by atoms with E-state index in [0.717, 1.165) is 24.0 Å². The predicted molar refractivity (Wildman–Crippen MR) is 107 cm³/mol. The van der Waals surface area contributed by atoms with E-state index in [-0.39, 0.29) is 17.0 Å². The van der Waals surface area contributed by atoms with Gasteiger partial charge >= 0.3 is 0 Å². The largest absolute Gasteiger partial charge is 0.368 e. The normalized spacial score (nSPS) is 19.7. The molecule has 2 heterocycles. The standard InChI is InChI=1S/C21H23N3O4S/c22-20(25)19-13-15-6-1-2-7-17(15)14-24(19)21(26)16-8-5-9-18(12-16)29(27,28)23-10-3-4-11-23/h1-2,5-9,12,19H,3-4,10-11,13-14H2,(H2,22,25). The van der Waals surface area contributed by atoms with Crippen molar-refractivity contribution >= 4 is 21.8 Å². The van der Waals surface area contributed by atoms with Gasteiger partial charge in [-0.05, 0) is 42.2 Å². The highest BCUT2D eigenvalue weighted by Gasteiger charge is 2.34. The molecule has 2 aliphatic heterocycles. The van der Waals surface area contributed by atoms with Crippen molar-refractivity contribution in [3.05, 3.63) is 65.2 Å². The number of hydrogen-bond acceptors (Lipinski definition) is 4. The van der Waals surface area contributed by atoms with Crippen LogP contribution >= 0.6 is 0 Å². The monoisotopic (exact) mass is 413 g/mol. The highest BCUT2D eigenvalue weighted by Crippen LogP contribution is 2.26. The average molecular weight is 413 g/mol. The van der Waals surface area contributed by atoms with E-state index in [0.29, 0.717) is 19.5 Å². The molecule has 1 unspecified atom stereocenters. The summed E-state index contributed by atoms with van der Waals surface area (Å²) in [6.07, 6.45) is 2.03. The van der Waals surface area contributed by atoms with Gasteiger partial charge in [-0.3, -0.25) is 9.59 Å². The van der Waals surface area contributed by atoms with Crippen LogP contribution in [0.2, 0.25) is 0 Å². The lowest BCUT2D eigenvalue weighted by Crippen LogP contribution is -2.51. The zero-order valence-electron chi connectivity index (χ0n) is 16.0. The summed E-state index contributed by atoms with van der Waals surface area (Å²) in [6.45, 7) is 1.24. The molecule has 2 amide bonds. The molecule has 0 bridgehead atoms. The van der Waals surface area contributed by atoms with E-state index >= 15 is 0 Å². The highest BCUT2D eigenvalue weighted by atomic mass is 32.2. The van der Waals surface area contributed by atoms with Crippen molar-refractivity contribution in [1.29, 1.82) is 0 Å². The lowest BCUT2D eigenvalue weighted by atomic mass is 9.93. The van der Waals surface area contributed by atoms with Crippen molar-refractivity contribution in [2.24, 2.45) is 5.73 Å². The van der Waals surface area contributed by atoms with Crippen LogP contribution < -0.4 is 5.73 Å². The van der Waals surface area contributed by atoms with Crippen LogP contribution in [0.25, 0.3) is 0 Å². The Morgan fingerprint density at radius 3 is 2.34 bits per heavy atom. The summed E-state index contributed by atoms with van der Waals surface area (Å²) in [4.78, 5) is 26.8. The third kappa shape index (κ3) is 3.65. The molecule has 1 saturated heterocycles. The van der Waals surface area contributed by atoms with E-state index in [2.05, 4.69) is 0 Å². The molecule has 0 spiro atoms. The van der Waals surface area contributed by atoms with Crippen LogP contribution in [-0.4, -0.2) is 48.6 Å². The molecule has 7 nitrogen and oxygen atoms in total. The molecule has 0 aliphatic carbocycles. The minimum Gasteiger partial charge on any atom is -0.368 e. The number of nitrogens with two attached hydrogens (primary N) is 1. The van der Waals surface area contributed by atoms with E-state index in [4.69, 9.17) is 5.73 Å². The Morgan fingerprint density at radius 1 is 0.966 bits per heavy atom. The van der Waals surface area contributed by atoms with Crippen LogP contribution in [0.1, 0.15) is 34.3 Å². The van der Waals surface area contributed by atoms with Gasteiger partial charge in [-0.2, -0.15) is 4.31 Å². The molecule has 2 aromatic rings.